The maximum absolute atomic E-state index is 14.0. The number of rotatable bonds is 4. The van der Waals surface area contributed by atoms with Crippen molar-refractivity contribution in [3.8, 4) is 5.69 Å². The molecule has 0 fully saturated rings. The molecule has 0 bridgehead atoms. The van der Waals surface area contributed by atoms with Crippen LogP contribution in [0.2, 0.25) is 0 Å². The highest BCUT2D eigenvalue weighted by atomic mass is 16.6. The highest BCUT2D eigenvalue weighted by molar-refractivity contribution is 6.23. The fourth-order valence-electron chi connectivity index (χ4n) is 4.03. The standard InChI is InChI=1S/C25H27N5O4/c1-16-20(21(31)29(27-16)18-12-8-6-9-13-18)25(26-23(33)34-24(3,4)5)17(2)28-30(22(25)32)19-14-10-7-11-15-19/h6-15,27H,1-5H3,(H,26,33)/t25-/m1/s1. The number of nitrogens with zero attached hydrogens (tertiary/aromatic N) is 3. The maximum atomic E-state index is 14.0. The Morgan fingerprint density at radius 3 is 2.09 bits per heavy atom. The van der Waals surface area contributed by atoms with Crippen molar-refractivity contribution in [2.75, 3.05) is 5.01 Å². The molecule has 1 aromatic heterocycles. The predicted octanol–water partition coefficient (Wildman–Crippen LogP) is 3.62. The summed E-state index contributed by atoms with van der Waals surface area (Å²) in [6.45, 7) is 8.45. The lowest BCUT2D eigenvalue weighted by molar-refractivity contribution is -0.122. The highest BCUT2D eigenvalue weighted by Gasteiger charge is 2.56. The lowest BCUT2D eigenvalue weighted by atomic mass is 9.85. The lowest BCUT2D eigenvalue weighted by Gasteiger charge is -2.30. The fraction of sp³-hybridized carbons (Fsp3) is 0.280. The smallest absolute Gasteiger partial charge is 0.409 e. The molecule has 0 aliphatic carbocycles. The van der Waals surface area contributed by atoms with Crippen LogP contribution in [0, 0.1) is 6.92 Å². The van der Waals surface area contributed by atoms with Crippen molar-refractivity contribution in [3.63, 3.8) is 0 Å². The maximum Gasteiger partial charge on any atom is 0.409 e. The van der Waals surface area contributed by atoms with Crippen LogP contribution in [0.5, 0.6) is 0 Å². The minimum Gasteiger partial charge on any atom is -0.444 e. The van der Waals surface area contributed by atoms with Crippen LogP contribution in [0.3, 0.4) is 0 Å². The van der Waals surface area contributed by atoms with Gasteiger partial charge in [-0.25, -0.2) is 9.48 Å². The number of amides is 2. The monoisotopic (exact) mass is 461 g/mol. The number of anilines is 1. The molecule has 2 heterocycles. The van der Waals surface area contributed by atoms with Crippen LogP contribution in [-0.2, 0) is 15.1 Å². The van der Waals surface area contributed by atoms with Crippen LogP contribution in [-0.4, -0.2) is 33.1 Å². The summed E-state index contributed by atoms with van der Waals surface area (Å²) in [6.07, 6.45) is -0.837. The molecule has 9 nitrogen and oxygen atoms in total. The van der Waals surface area contributed by atoms with Crippen LogP contribution in [0.15, 0.2) is 70.6 Å². The third kappa shape index (κ3) is 3.89. The molecule has 2 N–H and O–H groups in total. The number of carbonyl (C=O) groups is 2. The summed E-state index contributed by atoms with van der Waals surface area (Å²) in [7, 11) is 0. The molecule has 1 aliphatic rings. The molecule has 1 atom stereocenters. The summed E-state index contributed by atoms with van der Waals surface area (Å²) in [4.78, 5) is 40.6. The average Bonchev–Trinajstić information content (AvgIpc) is 3.21. The molecule has 9 heteroatoms. The number of aromatic nitrogens is 2. The molecule has 0 unspecified atom stereocenters. The van der Waals surface area contributed by atoms with E-state index in [2.05, 4.69) is 15.5 Å². The molecular weight excluding hydrogens is 434 g/mol. The largest absolute Gasteiger partial charge is 0.444 e. The van der Waals surface area contributed by atoms with Crippen molar-refractivity contribution in [2.24, 2.45) is 5.10 Å². The number of aromatic amines is 1. The Hall–Kier alpha value is -4.14. The lowest BCUT2D eigenvalue weighted by Crippen LogP contribution is -2.59. The SMILES string of the molecule is CC1=NN(c2ccccc2)C(=O)[C@]1(NC(=O)OC(C)(C)C)c1c(C)[nH]n(-c2ccccc2)c1=O. The zero-order valence-corrected chi connectivity index (χ0v) is 19.7. The zero-order valence-electron chi connectivity index (χ0n) is 19.7. The van der Waals surface area contributed by atoms with Crippen molar-refractivity contribution in [1.29, 1.82) is 0 Å². The van der Waals surface area contributed by atoms with Crippen LogP contribution < -0.4 is 15.9 Å². The number of hydrazone groups is 1. The van der Waals surface area contributed by atoms with Crippen LogP contribution >= 0.6 is 0 Å². The Kier molecular flexibility index (Phi) is 5.64. The van der Waals surface area contributed by atoms with Gasteiger partial charge in [0.25, 0.3) is 11.5 Å². The number of benzene rings is 2. The first-order valence-electron chi connectivity index (χ1n) is 10.9. The molecular formula is C25H27N5O4. The van der Waals surface area contributed by atoms with E-state index in [0.29, 0.717) is 17.1 Å². The zero-order chi connectivity index (χ0) is 24.7. The fourth-order valence-corrected chi connectivity index (χ4v) is 4.03. The van der Waals surface area contributed by atoms with E-state index in [1.54, 1.807) is 83.1 Å². The number of para-hydroxylation sites is 2. The van der Waals surface area contributed by atoms with Gasteiger partial charge in [0, 0.05) is 5.69 Å². The molecule has 0 saturated heterocycles. The minimum absolute atomic E-state index is 0.0758. The third-order valence-corrected chi connectivity index (χ3v) is 5.46. The van der Waals surface area contributed by atoms with Gasteiger partial charge < -0.3 is 4.74 Å². The van der Waals surface area contributed by atoms with E-state index in [1.165, 1.54) is 9.69 Å². The Balaban J connectivity index is 1.90. The second kappa shape index (κ2) is 8.33. The van der Waals surface area contributed by atoms with Crippen LogP contribution in [0.4, 0.5) is 10.5 Å². The van der Waals surface area contributed by atoms with Gasteiger partial charge in [0.15, 0.2) is 5.54 Å². The first-order valence-corrected chi connectivity index (χ1v) is 10.9. The Morgan fingerprint density at radius 1 is 0.971 bits per heavy atom. The van der Waals surface area contributed by atoms with Crippen LogP contribution in [0.25, 0.3) is 5.69 Å². The number of nitrogens with one attached hydrogen (secondary N) is 2. The molecule has 3 aromatic rings. The first kappa shape index (κ1) is 23.0. The van der Waals surface area contributed by atoms with Gasteiger partial charge in [-0.3, -0.25) is 20.0 Å². The van der Waals surface area contributed by atoms with E-state index < -0.39 is 28.7 Å². The van der Waals surface area contributed by atoms with E-state index in [0.717, 1.165) is 0 Å². The van der Waals surface area contributed by atoms with E-state index in [9.17, 15) is 14.4 Å². The molecule has 2 amide bonds. The third-order valence-electron chi connectivity index (χ3n) is 5.46. The van der Waals surface area contributed by atoms with Crippen molar-refractivity contribution in [1.82, 2.24) is 15.1 Å². The summed E-state index contributed by atoms with van der Waals surface area (Å²) in [5, 5.41) is 11.4. The van der Waals surface area contributed by atoms with Crippen molar-refractivity contribution < 1.29 is 14.3 Å². The number of ether oxygens (including phenoxy) is 1. The molecule has 0 spiro atoms. The number of hydrogen-bond acceptors (Lipinski definition) is 5. The van der Waals surface area contributed by atoms with E-state index in [4.69, 9.17) is 4.74 Å². The number of H-pyrrole nitrogens is 1. The van der Waals surface area contributed by atoms with Gasteiger partial charge in [0.05, 0.1) is 22.6 Å². The average molecular weight is 462 g/mol. The predicted molar refractivity (Wildman–Crippen MR) is 129 cm³/mol. The van der Waals surface area contributed by atoms with Crippen molar-refractivity contribution in [2.45, 2.75) is 45.8 Å². The van der Waals surface area contributed by atoms with Gasteiger partial charge >= 0.3 is 6.09 Å². The summed E-state index contributed by atoms with van der Waals surface area (Å²) < 4.78 is 6.80. The topological polar surface area (TPSA) is 109 Å². The van der Waals surface area contributed by atoms with Gasteiger partial charge in [-0.1, -0.05) is 36.4 Å². The molecule has 4 rings (SSSR count). The van der Waals surface area contributed by atoms with Gasteiger partial charge in [-0.15, -0.1) is 0 Å². The Morgan fingerprint density at radius 2 is 1.53 bits per heavy atom. The molecule has 34 heavy (non-hydrogen) atoms. The first-order chi connectivity index (χ1) is 16.0. The normalized spacial score (nSPS) is 18.1. The Bertz CT molecular complexity index is 1320. The summed E-state index contributed by atoms with van der Waals surface area (Å²) in [6, 6.07) is 17.8. The molecule has 1 aliphatic heterocycles. The van der Waals surface area contributed by atoms with E-state index >= 15 is 0 Å². The molecule has 0 radical (unpaired) electrons. The van der Waals surface area contributed by atoms with Crippen molar-refractivity contribution >= 4 is 23.4 Å². The molecule has 0 saturated carbocycles. The second-order valence-corrected chi connectivity index (χ2v) is 9.10. The number of carbonyl (C=O) groups excluding carboxylic acids is 2. The number of alkyl carbamates (subject to hydrolysis) is 1. The summed E-state index contributed by atoms with van der Waals surface area (Å²) in [5.74, 6) is -0.582. The molecule has 176 valence electrons. The van der Waals surface area contributed by atoms with Gasteiger partial charge in [0.1, 0.15) is 5.60 Å². The van der Waals surface area contributed by atoms with E-state index in [-0.39, 0.29) is 11.3 Å². The van der Waals surface area contributed by atoms with E-state index in [1.807, 2.05) is 12.1 Å². The van der Waals surface area contributed by atoms with Gasteiger partial charge in [-0.2, -0.15) is 10.1 Å². The van der Waals surface area contributed by atoms with Gasteiger partial charge in [0.2, 0.25) is 0 Å². The minimum atomic E-state index is -1.85. The van der Waals surface area contributed by atoms with Crippen molar-refractivity contribution in [3.05, 3.63) is 82.3 Å². The summed E-state index contributed by atoms with van der Waals surface area (Å²) >= 11 is 0. The summed E-state index contributed by atoms with van der Waals surface area (Å²) in [5.41, 5.74) is -1.30. The quantitative estimate of drug-likeness (QED) is 0.619. The number of hydrogen-bond donors (Lipinski definition) is 2. The van der Waals surface area contributed by atoms with Gasteiger partial charge in [-0.05, 0) is 58.9 Å². The second-order valence-electron chi connectivity index (χ2n) is 9.10. The van der Waals surface area contributed by atoms with Crippen LogP contribution in [0.1, 0.15) is 39.0 Å². The number of aryl methyl sites for hydroxylation is 1. The molecule has 2 aromatic carbocycles. The highest BCUT2D eigenvalue weighted by Crippen LogP contribution is 2.34. The Labute approximate surface area is 197 Å².